The van der Waals surface area contributed by atoms with Gasteiger partial charge in [-0.05, 0) is 27.5 Å². The lowest BCUT2D eigenvalue weighted by atomic mass is 10.1. The topological polar surface area (TPSA) is 57.3 Å². The largest absolute Gasteiger partial charge is 0.403 e. The molecule has 0 amide bonds. The highest BCUT2D eigenvalue weighted by atomic mass is 32.2. The molecule has 0 aliphatic carbocycles. The normalized spacial score (nSPS) is 18.2. The minimum absolute atomic E-state index is 0.00515. The van der Waals surface area contributed by atoms with E-state index in [1.165, 1.54) is 10.4 Å². The van der Waals surface area contributed by atoms with Crippen LogP contribution >= 0.6 is 0 Å². The van der Waals surface area contributed by atoms with Gasteiger partial charge < -0.3 is 18.6 Å². The van der Waals surface area contributed by atoms with Crippen LogP contribution in [0.4, 0.5) is 0 Å². The molecule has 0 saturated carbocycles. The number of ether oxygens (including phenoxy) is 3. The van der Waals surface area contributed by atoms with Gasteiger partial charge in [0, 0.05) is 18.4 Å². The van der Waals surface area contributed by atoms with Crippen LogP contribution in [0.1, 0.15) is 27.2 Å². The Kier molecular flexibility index (Phi) is 9.50. The summed E-state index contributed by atoms with van der Waals surface area (Å²) in [5.74, 6) is 0.369. The van der Waals surface area contributed by atoms with E-state index in [1.807, 2.05) is 42.5 Å². The van der Waals surface area contributed by atoms with Crippen LogP contribution in [0.15, 0.2) is 95.9 Å². The molecule has 1 unspecified atom stereocenters. The molecule has 1 aliphatic heterocycles. The molecule has 0 bridgehead atoms. The maximum atomic E-state index is 13.6. The van der Waals surface area contributed by atoms with Crippen LogP contribution in [0.3, 0.4) is 0 Å². The lowest BCUT2D eigenvalue weighted by Gasteiger charge is -2.45. The summed E-state index contributed by atoms with van der Waals surface area (Å²) in [4.78, 5) is 0.801. The Balaban J connectivity index is 1.76. The highest BCUT2D eigenvalue weighted by Gasteiger charge is 2.52. The molecule has 0 aromatic heterocycles. The van der Waals surface area contributed by atoms with Gasteiger partial charge in [0.05, 0.1) is 35.4 Å². The summed E-state index contributed by atoms with van der Waals surface area (Å²) in [5, 5.41) is 2.20. The second-order valence-electron chi connectivity index (χ2n) is 10.4. The molecule has 5 nitrogen and oxygen atoms in total. The maximum absolute atomic E-state index is 13.6. The molecule has 1 saturated heterocycles. The smallest absolute Gasteiger partial charge is 0.261 e. The second-order valence-corrected chi connectivity index (χ2v) is 16.2. The first-order chi connectivity index (χ1) is 17.8. The molecule has 3 aromatic carbocycles. The molecular weight excluding hydrogens is 500 g/mol. The van der Waals surface area contributed by atoms with E-state index in [0.29, 0.717) is 18.8 Å². The number of rotatable bonds is 13. The third kappa shape index (κ3) is 6.85. The van der Waals surface area contributed by atoms with Crippen LogP contribution in [-0.2, 0) is 29.4 Å². The van der Waals surface area contributed by atoms with Gasteiger partial charge in [-0.2, -0.15) is 0 Å². The van der Waals surface area contributed by atoms with Crippen molar-refractivity contribution in [1.82, 2.24) is 0 Å². The van der Waals surface area contributed by atoms with E-state index in [2.05, 4.69) is 69.3 Å². The van der Waals surface area contributed by atoms with E-state index >= 15 is 0 Å². The highest BCUT2D eigenvalue weighted by molar-refractivity contribution is 7.85. The maximum Gasteiger partial charge on any atom is 0.261 e. The van der Waals surface area contributed by atoms with Gasteiger partial charge in [0.15, 0.2) is 0 Å². The van der Waals surface area contributed by atoms with Crippen LogP contribution in [0.25, 0.3) is 0 Å². The van der Waals surface area contributed by atoms with Gasteiger partial charge in [-0.15, -0.1) is 0 Å². The van der Waals surface area contributed by atoms with Gasteiger partial charge in [-0.3, -0.25) is 4.21 Å². The van der Waals surface area contributed by atoms with E-state index in [-0.39, 0.29) is 30.1 Å². The van der Waals surface area contributed by atoms with Crippen molar-refractivity contribution < 1.29 is 22.8 Å². The average molecular weight is 539 g/mol. The first-order valence-corrected chi connectivity index (χ1v) is 16.0. The molecule has 1 fully saturated rings. The van der Waals surface area contributed by atoms with E-state index in [1.54, 1.807) is 7.11 Å². The molecule has 7 heteroatoms. The zero-order chi connectivity index (χ0) is 26.3. The van der Waals surface area contributed by atoms with Gasteiger partial charge in [0.25, 0.3) is 8.32 Å². The van der Waals surface area contributed by atoms with Crippen molar-refractivity contribution in [3.8, 4) is 0 Å². The molecule has 3 aromatic rings. The molecule has 1 aliphatic rings. The van der Waals surface area contributed by atoms with Gasteiger partial charge in [-0.1, -0.05) is 99.6 Å². The predicted octanol–water partition coefficient (Wildman–Crippen LogP) is 4.52. The standard InChI is InChI=1S/C30H38O5SSi/c1-30(2,3)37(26-16-10-6-11-17-26,27-18-12-7-13-19-27)35-24(20-28(29-21-33-29)34-23-32-4)22-36(31)25-14-8-5-9-15-25/h5-19,24,28-29H,20-23H2,1-4H3/t24-,28+,29+,36?/m0/s1. The fourth-order valence-electron chi connectivity index (χ4n) is 4.94. The van der Waals surface area contributed by atoms with E-state index in [4.69, 9.17) is 18.6 Å². The molecule has 198 valence electrons. The van der Waals surface area contributed by atoms with Crippen molar-refractivity contribution in [3.63, 3.8) is 0 Å². The highest BCUT2D eigenvalue weighted by Crippen LogP contribution is 2.38. The summed E-state index contributed by atoms with van der Waals surface area (Å²) < 4.78 is 37.9. The molecule has 4 rings (SSSR count). The summed E-state index contributed by atoms with van der Waals surface area (Å²) >= 11 is 0. The Morgan fingerprint density at radius 3 is 1.89 bits per heavy atom. The first kappa shape index (κ1) is 27.9. The Bertz CT molecular complexity index is 1080. The fourth-order valence-corrected chi connectivity index (χ4v) is 11.0. The second kappa shape index (κ2) is 12.6. The summed E-state index contributed by atoms with van der Waals surface area (Å²) in [6.45, 7) is 7.61. The lowest BCUT2D eigenvalue weighted by molar-refractivity contribution is -0.0894. The van der Waals surface area contributed by atoms with Gasteiger partial charge in [0.1, 0.15) is 12.9 Å². The number of hydrogen-bond donors (Lipinski definition) is 0. The third-order valence-electron chi connectivity index (χ3n) is 6.77. The number of epoxide rings is 1. The van der Waals surface area contributed by atoms with Crippen LogP contribution in [-0.4, -0.2) is 57.1 Å². The molecular formula is C30H38O5SSi. The minimum atomic E-state index is -2.85. The van der Waals surface area contributed by atoms with Crippen LogP contribution in [0.5, 0.6) is 0 Å². The van der Waals surface area contributed by atoms with E-state index in [0.717, 1.165) is 4.90 Å². The molecule has 1 heterocycles. The minimum Gasteiger partial charge on any atom is -0.403 e. The number of benzene rings is 3. The third-order valence-corrected chi connectivity index (χ3v) is 13.3. The quantitative estimate of drug-likeness (QED) is 0.182. The molecule has 37 heavy (non-hydrogen) atoms. The van der Waals surface area contributed by atoms with Crippen molar-refractivity contribution >= 4 is 29.5 Å². The van der Waals surface area contributed by atoms with E-state index in [9.17, 15) is 4.21 Å². The Morgan fingerprint density at radius 2 is 1.43 bits per heavy atom. The summed E-state index contributed by atoms with van der Waals surface area (Å²) in [6.07, 6.45) is 0.0526. The van der Waals surface area contributed by atoms with Crippen LogP contribution in [0.2, 0.25) is 5.04 Å². The monoisotopic (exact) mass is 538 g/mol. The van der Waals surface area contributed by atoms with Crippen molar-refractivity contribution in [3.05, 3.63) is 91.0 Å². The van der Waals surface area contributed by atoms with Gasteiger partial charge in [-0.25, -0.2) is 0 Å². The summed E-state index contributed by atoms with van der Waals surface area (Å²) in [6, 6.07) is 30.7. The summed E-state index contributed by atoms with van der Waals surface area (Å²) in [7, 11) is -2.47. The van der Waals surface area contributed by atoms with Crippen molar-refractivity contribution in [2.75, 3.05) is 26.3 Å². The zero-order valence-corrected chi connectivity index (χ0v) is 24.0. The fraction of sp³-hybridized carbons (Fsp3) is 0.400. The Labute approximate surface area is 224 Å². The molecule has 0 spiro atoms. The Hall–Kier alpha value is -2.13. The van der Waals surface area contributed by atoms with Crippen LogP contribution < -0.4 is 10.4 Å². The van der Waals surface area contributed by atoms with Gasteiger partial charge >= 0.3 is 0 Å². The summed E-state index contributed by atoms with van der Waals surface area (Å²) in [5.41, 5.74) is 0. The zero-order valence-electron chi connectivity index (χ0n) is 22.2. The predicted molar refractivity (Wildman–Crippen MR) is 151 cm³/mol. The lowest BCUT2D eigenvalue weighted by Crippen LogP contribution is -2.68. The average Bonchev–Trinajstić information content (AvgIpc) is 3.76. The number of methoxy groups -OCH3 is 1. The SMILES string of the molecule is COCO[C@H](C[C@@H](CS(=O)c1ccccc1)O[Si](c1ccccc1)(c1ccccc1)C(C)(C)C)[C@H]1CO1. The molecule has 0 radical (unpaired) electrons. The number of hydrogen-bond acceptors (Lipinski definition) is 5. The van der Waals surface area contributed by atoms with E-state index < -0.39 is 19.1 Å². The van der Waals surface area contributed by atoms with Gasteiger partial charge in [0.2, 0.25) is 0 Å². The van der Waals surface area contributed by atoms with Crippen LogP contribution in [0, 0.1) is 0 Å². The van der Waals surface area contributed by atoms with Crippen molar-refractivity contribution in [1.29, 1.82) is 0 Å². The van der Waals surface area contributed by atoms with Crippen molar-refractivity contribution in [2.24, 2.45) is 0 Å². The molecule has 0 N–H and O–H groups in total. The Morgan fingerprint density at radius 1 is 0.919 bits per heavy atom. The van der Waals surface area contributed by atoms with Crippen molar-refractivity contribution in [2.45, 2.75) is 55.4 Å². The molecule has 4 atom stereocenters. The first-order valence-electron chi connectivity index (χ1n) is 12.8.